The van der Waals surface area contributed by atoms with Crippen LogP contribution in [0.15, 0.2) is 0 Å². The van der Waals surface area contributed by atoms with Crippen molar-refractivity contribution < 1.29 is 0 Å². The summed E-state index contributed by atoms with van der Waals surface area (Å²) in [6.07, 6.45) is 1.51. The Bertz CT molecular complexity index is 151. The second-order valence-corrected chi connectivity index (χ2v) is 5.03. The van der Waals surface area contributed by atoms with Crippen LogP contribution in [0.5, 0.6) is 0 Å². The van der Waals surface area contributed by atoms with Gasteiger partial charge < -0.3 is 0 Å². The second-order valence-electron chi connectivity index (χ2n) is 5.03. The van der Waals surface area contributed by atoms with Crippen LogP contribution in [0.2, 0.25) is 0 Å². The van der Waals surface area contributed by atoms with Crippen LogP contribution in [0.1, 0.15) is 34.1 Å². The van der Waals surface area contributed by atoms with E-state index in [4.69, 9.17) is 0 Å². The first kappa shape index (κ1) is 7.64. The van der Waals surface area contributed by atoms with Crippen LogP contribution in [0, 0.1) is 35.5 Å². The molecule has 2 aliphatic carbocycles. The van der Waals surface area contributed by atoms with Crippen molar-refractivity contribution in [1.29, 1.82) is 0 Å². The minimum absolute atomic E-state index is 0.981. The molecule has 0 aromatic heterocycles. The summed E-state index contributed by atoms with van der Waals surface area (Å²) in [7, 11) is 0. The smallest absolute Gasteiger partial charge is 0.0329 e. The predicted octanol–water partition coefficient (Wildman–Crippen LogP) is 3.18. The molecule has 0 aromatic carbocycles. The van der Waals surface area contributed by atoms with Gasteiger partial charge in [-0.2, -0.15) is 0 Å². The van der Waals surface area contributed by atoms with Crippen LogP contribution < -0.4 is 0 Å². The fraction of sp³-hybridized carbons (Fsp3) is 1.00. The first-order valence-corrected chi connectivity index (χ1v) is 5.13. The average Bonchev–Trinajstić information content (AvgIpc) is 2.10. The minimum atomic E-state index is 0.981. The van der Waals surface area contributed by atoms with Crippen molar-refractivity contribution in [3.8, 4) is 0 Å². The molecule has 2 fully saturated rings. The van der Waals surface area contributed by atoms with Crippen LogP contribution in [-0.4, -0.2) is 0 Å². The first-order chi connectivity index (χ1) is 5.13. The van der Waals surface area contributed by atoms with Crippen molar-refractivity contribution in [2.24, 2.45) is 35.5 Å². The Hall–Kier alpha value is 0. The SMILES string of the molecule is CC1CC2C(C)C(C)C(C)C12. The van der Waals surface area contributed by atoms with Gasteiger partial charge in [-0.3, -0.25) is 0 Å². The maximum absolute atomic E-state index is 2.46. The lowest BCUT2D eigenvalue weighted by molar-refractivity contribution is 0.0700. The van der Waals surface area contributed by atoms with Crippen molar-refractivity contribution in [1.82, 2.24) is 0 Å². The lowest BCUT2D eigenvalue weighted by Crippen LogP contribution is -2.35. The summed E-state index contributed by atoms with van der Waals surface area (Å²) in [5.41, 5.74) is 0. The van der Waals surface area contributed by atoms with Gasteiger partial charge in [0.2, 0.25) is 0 Å². The lowest BCUT2D eigenvalue weighted by Gasteiger charge is -2.42. The molecule has 2 rings (SSSR count). The van der Waals surface area contributed by atoms with E-state index in [1.165, 1.54) is 6.42 Å². The Morgan fingerprint density at radius 3 is 1.82 bits per heavy atom. The quantitative estimate of drug-likeness (QED) is 0.500. The molecule has 0 saturated heterocycles. The molecule has 0 bridgehead atoms. The largest absolute Gasteiger partial charge is 0.0622 e. The maximum atomic E-state index is 2.46. The van der Waals surface area contributed by atoms with Gasteiger partial charge >= 0.3 is 0 Å². The molecule has 0 heterocycles. The zero-order valence-electron chi connectivity index (χ0n) is 8.17. The summed E-state index contributed by atoms with van der Waals surface area (Å²) in [4.78, 5) is 0. The Morgan fingerprint density at radius 2 is 1.45 bits per heavy atom. The molecule has 2 aliphatic rings. The normalized spacial score (nSPS) is 62.2. The van der Waals surface area contributed by atoms with Gasteiger partial charge in [0.25, 0.3) is 0 Å². The van der Waals surface area contributed by atoms with Crippen LogP contribution >= 0.6 is 0 Å². The summed E-state index contributed by atoms with van der Waals surface area (Å²) in [5.74, 6) is 6.19. The second kappa shape index (κ2) is 2.24. The van der Waals surface area contributed by atoms with Crippen molar-refractivity contribution in [2.45, 2.75) is 34.1 Å². The van der Waals surface area contributed by atoms with E-state index in [2.05, 4.69) is 27.7 Å². The van der Waals surface area contributed by atoms with Crippen molar-refractivity contribution in [3.63, 3.8) is 0 Å². The van der Waals surface area contributed by atoms with Gasteiger partial charge in [0, 0.05) is 0 Å². The summed E-state index contributed by atoms with van der Waals surface area (Å²) in [6.45, 7) is 9.79. The third-order valence-electron chi connectivity index (χ3n) is 4.74. The molecule has 0 nitrogen and oxygen atoms in total. The van der Waals surface area contributed by atoms with Gasteiger partial charge in [-0.25, -0.2) is 0 Å². The van der Waals surface area contributed by atoms with E-state index in [-0.39, 0.29) is 0 Å². The third kappa shape index (κ3) is 0.816. The highest BCUT2D eigenvalue weighted by Gasteiger charge is 2.52. The molecule has 0 spiro atoms. The fourth-order valence-corrected chi connectivity index (χ4v) is 3.66. The molecule has 0 radical (unpaired) electrons. The highest BCUT2D eigenvalue weighted by Crippen LogP contribution is 2.58. The van der Waals surface area contributed by atoms with Crippen molar-refractivity contribution in [2.75, 3.05) is 0 Å². The Labute approximate surface area is 70.4 Å². The maximum Gasteiger partial charge on any atom is -0.0329 e. The topological polar surface area (TPSA) is 0 Å². The first-order valence-electron chi connectivity index (χ1n) is 5.13. The van der Waals surface area contributed by atoms with E-state index in [0.29, 0.717) is 0 Å². The van der Waals surface area contributed by atoms with Gasteiger partial charge in [0.05, 0.1) is 0 Å². The molecule has 0 heteroatoms. The van der Waals surface area contributed by atoms with Crippen molar-refractivity contribution >= 4 is 0 Å². The molecule has 0 N–H and O–H groups in total. The highest BCUT2D eigenvalue weighted by atomic mass is 14.6. The zero-order chi connectivity index (χ0) is 8.17. The van der Waals surface area contributed by atoms with Gasteiger partial charge in [-0.1, -0.05) is 27.7 Å². The van der Waals surface area contributed by atoms with Gasteiger partial charge in [-0.05, 0) is 41.9 Å². The van der Waals surface area contributed by atoms with Crippen molar-refractivity contribution in [3.05, 3.63) is 0 Å². The number of rotatable bonds is 0. The molecule has 0 aromatic rings. The molecule has 64 valence electrons. The molecule has 0 amide bonds. The number of hydrogen-bond donors (Lipinski definition) is 0. The monoisotopic (exact) mass is 152 g/mol. The standard InChI is InChI=1S/C11H20/c1-6-5-10-8(3)7(2)9(4)11(6)10/h6-11H,5H2,1-4H3. The zero-order valence-corrected chi connectivity index (χ0v) is 8.17. The van der Waals surface area contributed by atoms with E-state index in [0.717, 1.165) is 35.5 Å². The predicted molar refractivity (Wildman–Crippen MR) is 48.3 cm³/mol. The summed E-state index contributed by atoms with van der Waals surface area (Å²) in [5, 5.41) is 0. The highest BCUT2D eigenvalue weighted by molar-refractivity contribution is 5.00. The molecule has 0 aliphatic heterocycles. The van der Waals surface area contributed by atoms with Gasteiger partial charge in [0.1, 0.15) is 0 Å². The number of fused-ring (bicyclic) bond motifs is 1. The molecule has 2 saturated carbocycles. The molecule has 6 atom stereocenters. The molecule has 11 heavy (non-hydrogen) atoms. The van der Waals surface area contributed by atoms with Crippen LogP contribution in [0.4, 0.5) is 0 Å². The lowest BCUT2D eigenvalue weighted by atomic mass is 9.63. The molecular formula is C11H20. The van der Waals surface area contributed by atoms with Crippen LogP contribution in [0.3, 0.4) is 0 Å². The number of hydrogen-bond acceptors (Lipinski definition) is 0. The molecular weight excluding hydrogens is 132 g/mol. The van der Waals surface area contributed by atoms with E-state index in [9.17, 15) is 0 Å². The molecule has 6 unspecified atom stereocenters. The third-order valence-corrected chi connectivity index (χ3v) is 4.74. The average molecular weight is 152 g/mol. The Kier molecular flexibility index (Phi) is 1.56. The Balaban J connectivity index is 2.15. The Morgan fingerprint density at radius 1 is 0.818 bits per heavy atom. The van der Waals surface area contributed by atoms with E-state index in [1.54, 1.807) is 0 Å². The fourth-order valence-electron chi connectivity index (χ4n) is 3.66. The van der Waals surface area contributed by atoms with Crippen LogP contribution in [-0.2, 0) is 0 Å². The van der Waals surface area contributed by atoms with E-state index in [1.807, 2.05) is 0 Å². The summed E-state index contributed by atoms with van der Waals surface area (Å²) < 4.78 is 0. The van der Waals surface area contributed by atoms with E-state index >= 15 is 0 Å². The van der Waals surface area contributed by atoms with Gasteiger partial charge in [-0.15, -0.1) is 0 Å². The summed E-state index contributed by atoms with van der Waals surface area (Å²) in [6, 6.07) is 0. The van der Waals surface area contributed by atoms with Crippen LogP contribution in [0.25, 0.3) is 0 Å². The summed E-state index contributed by atoms with van der Waals surface area (Å²) >= 11 is 0. The van der Waals surface area contributed by atoms with E-state index < -0.39 is 0 Å². The van der Waals surface area contributed by atoms with Gasteiger partial charge in [0.15, 0.2) is 0 Å². The minimum Gasteiger partial charge on any atom is -0.0622 e.